The van der Waals surface area contributed by atoms with Crippen molar-refractivity contribution in [2.24, 2.45) is 0 Å². The van der Waals surface area contributed by atoms with Crippen LogP contribution in [0.25, 0.3) is 0 Å². The number of nitrogens with zero attached hydrogens (tertiary/aromatic N) is 6. The topological polar surface area (TPSA) is 151 Å². The van der Waals surface area contributed by atoms with Gasteiger partial charge in [-0.1, -0.05) is 0 Å². The molecular weight excluding hydrogens is 906 g/mol. The lowest BCUT2D eigenvalue weighted by Crippen LogP contribution is -2.36. The van der Waals surface area contributed by atoms with Crippen LogP contribution in [0, 0.1) is 0 Å². The first-order valence-electron chi connectivity index (χ1n) is 25.8. The van der Waals surface area contributed by atoms with Gasteiger partial charge < -0.3 is 42.1 Å². The Balaban J connectivity index is 0.976. The molecule has 12 aliphatic rings. The zero-order valence-corrected chi connectivity index (χ0v) is 42.8. The lowest BCUT2D eigenvalue weighted by atomic mass is 10.7. The summed E-state index contributed by atoms with van der Waals surface area (Å²) < 4.78 is 92.7. The standard InChI is InChI=1S/C45H72N6O6P6/c52-58(31-1-2-31,32-3-4-32)25-49(26-59(53,33-5-6-33)34-7-8-34)43-46-44(50(27-60(54,35-9-10-35)36-11-12-36)28-61(55,37-13-14-37)38-15-16-38)48-45(47-43)51(29-62(56,39-17-18-39)40-19-20-40)30-63(57,41-21-22-41)42-23-24-42/h31-42H,1-30H2. The number of hydrogen-bond acceptors (Lipinski definition) is 12. The molecule has 1 aromatic rings. The van der Waals surface area contributed by atoms with Crippen LogP contribution in [0.4, 0.5) is 17.8 Å². The third-order valence-corrected chi connectivity index (χ3v) is 43.5. The highest BCUT2D eigenvalue weighted by Crippen LogP contribution is 2.77. The highest BCUT2D eigenvalue weighted by atomic mass is 31.2. The van der Waals surface area contributed by atoms with Crippen LogP contribution < -0.4 is 14.7 Å². The van der Waals surface area contributed by atoms with Gasteiger partial charge in [0, 0.05) is 67.9 Å². The average molecular weight is 979 g/mol. The zero-order chi connectivity index (χ0) is 42.7. The Bertz CT molecular complexity index is 1830. The Morgan fingerprint density at radius 1 is 0.254 bits per heavy atom. The van der Waals surface area contributed by atoms with Crippen LogP contribution in [0.2, 0.25) is 0 Å². The maximum absolute atomic E-state index is 15.5. The molecule has 0 unspecified atom stereocenters. The van der Waals surface area contributed by atoms with E-state index < -0.39 is 42.9 Å². The molecule has 0 aliphatic heterocycles. The molecule has 0 saturated heterocycles. The molecule has 12 fully saturated rings. The molecule has 0 spiro atoms. The first kappa shape index (κ1) is 42.9. The molecule has 0 aromatic carbocycles. The van der Waals surface area contributed by atoms with Crippen LogP contribution in [0.5, 0.6) is 0 Å². The van der Waals surface area contributed by atoms with Gasteiger partial charge in [0.05, 0.1) is 37.7 Å². The number of aromatic nitrogens is 3. The SMILES string of the molecule is O=P(CN(CP(=O)(C1CC1)C1CC1)c1nc(N(CP(=O)(C2CC2)C2CC2)CP(=O)(C2CC2)C2CC2)nc(N(CP(=O)(C2CC2)C2CC2)CP(=O)(C2CC2)C2CC2)n1)(C1CC1)C1CC1. The molecule has 1 heterocycles. The van der Waals surface area contributed by atoms with Crippen molar-refractivity contribution in [3.05, 3.63) is 0 Å². The summed E-state index contributed by atoms with van der Waals surface area (Å²) in [6.07, 6.45) is 25.3. The van der Waals surface area contributed by atoms with Crippen LogP contribution >= 0.6 is 42.9 Å². The Hall–Kier alpha value is -0.210. The summed E-state index contributed by atoms with van der Waals surface area (Å²) in [5.74, 6) is 1.15. The maximum Gasteiger partial charge on any atom is 0.232 e. The first-order chi connectivity index (χ1) is 30.3. The largest absolute Gasteiger partial charge is 0.326 e. The normalized spacial score (nSPS) is 27.4. The Kier molecular flexibility index (Phi) is 10.3. The van der Waals surface area contributed by atoms with Crippen molar-refractivity contribution in [1.29, 1.82) is 0 Å². The van der Waals surface area contributed by atoms with Gasteiger partial charge in [0.2, 0.25) is 17.8 Å². The average Bonchev–Trinajstić information content (AvgIpc) is 4.09. The third-order valence-electron chi connectivity index (χ3n) is 17.8. The lowest BCUT2D eigenvalue weighted by molar-refractivity contribution is 0.565. The fraction of sp³-hybridized carbons (Fsp3) is 0.933. The predicted molar refractivity (Wildman–Crippen MR) is 258 cm³/mol. The summed E-state index contributed by atoms with van der Waals surface area (Å²) in [4.78, 5) is 22.7. The van der Waals surface area contributed by atoms with Gasteiger partial charge in [-0.15, -0.1) is 0 Å². The van der Waals surface area contributed by atoms with Crippen molar-refractivity contribution in [2.45, 2.75) is 222 Å². The second-order valence-electron chi connectivity index (χ2n) is 23.6. The highest BCUT2D eigenvalue weighted by Gasteiger charge is 2.59. The van der Waals surface area contributed by atoms with Gasteiger partial charge in [0.1, 0.15) is 42.9 Å². The van der Waals surface area contributed by atoms with Crippen molar-refractivity contribution < 1.29 is 27.4 Å². The van der Waals surface area contributed by atoms with Crippen molar-refractivity contribution in [1.82, 2.24) is 15.0 Å². The molecule has 12 saturated carbocycles. The van der Waals surface area contributed by atoms with Gasteiger partial charge >= 0.3 is 0 Å². The van der Waals surface area contributed by atoms with Gasteiger partial charge in [-0.05, 0) is 154 Å². The summed E-state index contributed by atoms with van der Waals surface area (Å²) in [6.45, 7) is 0. The highest BCUT2D eigenvalue weighted by molar-refractivity contribution is 7.68. The molecule has 1 aromatic heterocycles. The summed E-state index contributed by atoms with van der Waals surface area (Å²) in [5, 5.41) is 0. The van der Waals surface area contributed by atoms with E-state index in [4.69, 9.17) is 15.0 Å². The van der Waals surface area contributed by atoms with Crippen LogP contribution in [0.15, 0.2) is 0 Å². The molecule has 0 bridgehead atoms. The Morgan fingerprint density at radius 3 is 0.460 bits per heavy atom. The van der Waals surface area contributed by atoms with E-state index in [1.165, 1.54) is 0 Å². The smallest absolute Gasteiger partial charge is 0.232 e. The maximum atomic E-state index is 15.5. The molecule has 0 radical (unpaired) electrons. The van der Waals surface area contributed by atoms with Crippen LogP contribution in [-0.2, 0) is 27.4 Å². The second kappa shape index (κ2) is 15.1. The van der Waals surface area contributed by atoms with E-state index in [0.717, 1.165) is 154 Å². The molecule has 0 atom stereocenters. The van der Waals surface area contributed by atoms with E-state index >= 15 is 27.4 Å². The molecule has 348 valence electrons. The van der Waals surface area contributed by atoms with Crippen molar-refractivity contribution in [3.63, 3.8) is 0 Å². The van der Waals surface area contributed by atoms with Crippen molar-refractivity contribution in [2.75, 3.05) is 52.4 Å². The van der Waals surface area contributed by atoms with E-state index in [2.05, 4.69) is 14.7 Å². The fourth-order valence-electron chi connectivity index (χ4n) is 12.2. The van der Waals surface area contributed by atoms with Crippen LogP contribution in [-0.4, -0.2) is 121 Å². The number of anilines is 3. The molecule has 0 N–H and O–H groups in total. The minimum atomic E-state index is -2.72. The van der Waals surface area contributed by atoms with Crippen molar-refractivity contribution >= 4 is 60.7 Å². The molecular formula is C45H72N6O6P6. The molecule has 12 nitrogen and oxygen atoms in total. The second-order valence-corrected chi connectivity index (χ2v) is 44.3. The van der Waals surface area contributed by atoms with Gasteiger partial charge in [-0.3, -0.25) is 0 Å². The minimum absolute atomic E-state index is 0.194. The quantitative estimate of drug-likeness (QED) is 0.0772. The van der Waals surface area contributed by atoms with Crippen LogP contribution in [0.1, 0.15) is 154 Å². The monoisotopic (exact) mass is 978 g/mol. The summed E-state index contributed by atoms with van der Waals surface area (Å²) >= 11 is 0. The molecule has 12 aliphatic carbocycles. The lowest BCUT2D eigenvalue weighted by Gasteiger charge is -2.36. The minimum Gasteiger partial charge on any atom is -0.326 e. The van der Waals surface area contributed by atoms with Gasteiger partial charge in [-0.2, -0.15) is 15.0 Å². The molecule has 13 rings (SSSR count). The third kappa shape index (κ3) is 8.44. The van der Waals surface area contributed by atoms with E-state index in [0.29, 0.717) is 55.6 Å². The van der Waals surface area contributed by atoms with E-state index in [1.54, 1.807) is 0 Å². The molecule has 18 heteroatoms. The number of rotatable bonds is 27. The van der Waals surface area contributed by atoms with E-state index in [9.17, 15) is 0 Å². The summed E-state index contributed by atoms with van der Waals surface area (Å²) in [7, 11) is -16.3. The number of hydrogen-bond donors (Lipinski definition) is 0. The Labute approximate surface area is 375 Å². The summed E-state index contributed by atoms with van der Waals surface area (Å²) in [5.41, 5.74) is 2.33. The molecule has 0 amide bonds. The van der Waals surface area contributed by atoms with Crippen molar-refractivity contribution in [3.8, 4) is 0 Å². The predicted octanol–water partition coefficient (Wildman–Crippen LogP) is 12.2. The Morgan fingerprint density at radius 2 is 0.365 bits per heavy atom. The molecule has 63 heavy (non-hydrogen) atoms. The van der Waals surface area contributed by atoms with Gasteiger partial charge in [0.15, 0.2) is 0 Å². The summed E-state index contributed by atoms with van der Waals surface area (Å²) in [6, 6.07) is 0. The van der Waals surface area contributed by atoms with Crippen LogP contribution in [0.3, 0.4) is 0 Å². The zero-order valence-electron chi connectivity index (χ0n) is 37.5. The fourth-order valence-corrected chi connectivity index (χ4v) is 35.9. The van der Waals surface area contributed by atoms with Gasteiger partial charge in [-0.25, -0.2) is 0 Å². The van der Waals surface area contributed by atoms with Gasteiger partial charge in [0.25, 0.3) is 0 Å². The van der Waals surface area contributed by atoms with E-state index in [1.807, 2.05) is 0 Å². The van der Waals surface area contributed by atoms with E-state index in [-0.39, 0.29) is 67.9 Å². The first-order valence-corrected chi connectivity index (χ1v) is 38.0.